The number of rotatable bonds is 3. The van der Waals surface area contributed by atoms with Crippen molar-refractivity contribution >= 4 is 11.4 Å². The number of hydrogen-bond acceptors (Lipinski definition) is 4. The Bertz CT molecular complexity index is 342. The van der Waals surface area contributed by atoms with Gasteiger partial charge in [-0.1, -0.05) is 17.7 Å². The summed E-state index contributed by atoms with van der Waals surface area (Å²) < 4.78 is 20.0. The molecule has 0 aliphatic carbocycles. The van der Waals surface area contributed by atoms with Crippen molar-refractivity contribution in [2.45, 2.75) is 20.8 Å². The monoisotopic (exact) mass is 215 g/mol. The van der Waals surface area contributed by atoms with Crippen LogP contribution in [0.3, 0.4) is 0 Å². The molecule has 0 spiro atoms. The SMILES string of the molecule is Cc1cc(C)c(OS(=O)ON)c(C)c1. The lowest BCUT2D eigenvalue weighted by atomic mass is 10.1. The molecule has 0 aliphatic rings. The maximum atomic E-state index is 10.9. The van der Waals surface area contributed by atoms with Crippen molar-refractivity contribution in [3.63, 3.8) is 0 Å². The molecular weight excluding hydrogens is 202 g/mol. The molecule has 1 atom stereocenters. The lowest BCUT2D eigenvalue weighted by Gasteiger charge is -2.09. The van der Waals surface area contributed by atoms with Crippen molar-refractivity contribution in [1.82, 2.24) is 0 Å². The summed E-state index contributed by atoms with van der Waals surface area (Å²) >= 11 is -1.93. The van der Waals surface area contributed by atoms with Gasteiger partial charge in [0, 0.05) is 0 Å². The highest BCUT2D eigenvalue weighted by Gasteiger charge is 2.09. The minimum Gasteiger partial charge on any atom is -0.378 e. The molecule has 0 radical (unpaired) electrons. The van der Waals surface area contributed by atoms with E-state index in [-0.39, 0.29) is 0 Å². The molecule has 4 nitrogen and oxygen atoms in total. The normalized spacial score (nSPS) is 12.6. The molecule has 1 aromatic rings. The molecule has 0 saturated heterocycles. The predicted octanol–water partition coefficient (Wildman–Crippen LogP) is 1.46. The van der Waals surface area contributed by atoms with E-state index in [4.69, 9.17) is 10.1 Å². The molecule has 1 unspecified atom stereocenters. The fourth-order valence-corrected chi connectivity index (χ4v) is 1.82. The van der Waals surface area contributed by atoms with Crippen molar-refractivity contribution in [3.05, 3.63) is 28.8 Å². The quantitative estimate of drug-likeness (QED) is 0.775. The van der Waals surface area contributed by atoms with Gasteiger partial charge in [0.15, 0.2) is 0 Å². The van der Waals surface area contributed by atoms with Crippen LogP contribution in [0.1, 0.15) is 16.7 Å². The third-order valence-electron chi connectivity index (χ3n) is 1.83. The Labute approximate surface area is 85.8 Å². The summed E-state index contributed by atoms with van der Waals surface area (Å²) in [6.45, 7) is 5.74. The van der Waals surface area contributed by atoms with E-state index < -0.39 is 11.4 Å². The standard InChI is InChI=1S/C9H13NO3S/c1-6-4-7(2)9(8(3)5-6)12-14(11)13-10/h4-5H,10H2,1-3H3. The fourth-order valence-electron chi connectivity index (χ4n) is 1.39. The Kier molecular flexibility index (Phi) is 3.62. The minimum absolute atomic E-state index is 0.555. The first-order chi connectivity index (χ1) is 6.54. The zero-order valence-corrected chi connectivity index (χ0v) is 9.18. The summed E-state index contributed by atoms with van der Waals surface area (Å²) in [6, 6.07) is 3.88. The zero-order valence-electron chi connectivity index (χ0n) is 8.37. The Morgan fingerprint density at radius 3 is 2.14 bits per heavy atom. The van der Waals surface area contributed by atoms with Gasteiger partial charge in [0.1, 0.15) is 5.75 Å². The van der Waals surface area contributed by atoms with Crippen molar-refractivity contribution < 1.29 is 12.7 Å². The van der Waals surface area contributed by atoms with E-state index >= 15 is 0 Å². The molecule has 0 amide bonds. The topological polar surface area (TPSA) is 61.5 Å². The van der Waals surface area contributed by atoms with Crippen molar-refractivity contribution in [2.75, 3.05) is 0 Å². The van der Waals surface area contributed by atoms with Crippen LogP contribution in [0.2, 0.25) is 0 Å². The molecule has 1 rings (SSSR count). The Balaban J connectivity index is 3.02. The van der Waals surface area contributed by atoms with Gasteiger partial charge in [-0.15, -0.1) is 0 Å². The van der Waals surface area contributed by atoms with Gasteiger partial charge in [-0.2, -0.15) is 14.4 Å². The van der Waals surface area contributed by atoms with Gasteiger partial charge in [-0.05, 0) is 31.9 Å². The maximum Gasteiger partial charge on any atom is 0.377 e. The second-order valence-electron chi connectivity index (χ2n) is 3.11. The maximum absolute atomic E-state index is 10.9. The van der Waals surface area contributed by atoms with Crippen LogP contribution in [0.5, 0.6) is 5.75 Å². The second-order valence-corrected chi connectivity index (χ2v) is 3.88. The lowest BCUT2D eigenvalue weighted by molar-refractivity contribution is 0.323. The van der Waals surface area contributed by atoms with E-state index in [2.05, 4.69) is 4.28 Å². The van der Waals surface area contributed by atoms with Gasteiger partial charge in [0.2, 0.25) is 0 Å². The molecule has 0 aliphatic heterocycles. The highest BCUT2D eigenvalue weighted by atomic mass is 32.2. The fraction of sp³-hybridized carbons (Fsp3) is 0.333. The minimum atomic E-state index is -1.93. The van der Waals surface area contributed by atoms with E-state index in [1.807, 2.05) is 32.9 Å². The zero-order chi connectivity index (χ0) is 10.7. The molecule has 0 aromatic heterocycles. The van der Waals surface area contributed by atoms with Crippen LogP contribution in [0.15, 0.2) is 12.1 Å². The van der Waals surface area contributed by atoms with Crippen LogP contribution in [0, 0.1) is 20.8 Å². The third-order valence-corrected chi connectivity index (χ3v) is 2.29. The van der Waals surface area contributed by atoms with E-state index in [1.165, 1.54) is 0 Å². The van der Waals surface area contributed by atoms with Crippen LogP contribution < -0.4 is 10.1 Å². The van der Waals surface area contributed by atoms with Gasteiger partial charge >= 0.3 is 11.4 Å². The molecule has 0 bridgehead atoms. The molecule has 1 aromatic carbocycles. The van der Waals surface area contributed by atoms with Crippen LogP contribution in [0.25, 0.3) is 0 Å². The number of nitrogens with two attached hydrogens (primary N) is 1. The van der Waals surface area contributed by atoms with E-state index in [9.17, 15) is 4.21 Å². The summed E-state index contributed by atoms with van der Waals surface area (Å²) in [5.41, 5.74) is 2.95. The Morgan fingerprint density at radius 1 is 1.21 bits per heavy atom. The van der Waals surface area contributed by atoms with E-state index in [0.29, 0.717) is 5.75 Å². The Hall–Kier alpha value is -0.910. The van der Waals surface area contributed by atoms with Gasteiger partial charge < -0.3 is 4.18 Å². The van der Waals surface area contributed by atoms with Crippen LogP contribution in [-0.4, -0.2) is 4.21 Å². The molecule has 0 saturated carbocycles. The van der Waals surface area contributed by atoms with Crippen LogP contribution in [0.4, 0.5) is 0 Å². The Morgan fingerprint density at radius 2 is 1.71 bits per heavy atom. The summed E-state index contributed by atoms with van der Waals surface area (Å²) in [5, 5.41) is 0. The molecule has 2 N–H and O–H groups in total. The average molecular weight is 215 g/mol. The van der Waals surface area contributed by atoms with Crippen molar-refractivity contribution in [3.8, 4) is 5.75 Å². The van der Waals surface area contributed by atoms with E-state index in [1.54, 1.807) is 0 Å². The van der Waals surface area contributed by atoms with Crippen molar-refractivity contribution in [2.24, 2.45) is 5.90 Å². The van der Waals surface area contributed by atoms with Gasteiger partial charge in [-0.25, -0.2) is 0 Å². The third kappa shape index (κ3) is 2.54. The van der Waals surface area contributed by atoms with E-state index in [0.717, 1.165) is 16.7 Å². The first-order valence-electron chi connectivity index (χ1n) is 4.09. The lowest BCUT2D eigenvalue weighted by Crippen LogP contribution is -2.10. The molecule has 5 heteroatoms. The van der Waals surface area contributed by atoms with Gasteiger partial charge in [0.05, 0.1) is 0 Å². The smallest absolute Gasteiger partial charge is 0.377 e. The largest absolute Gasteiger partial charge is 0.378 e. The predicted molar refractivity (Wildman–Crippen MR) is 54.7 cm³/mol. The number of hydrogen-bond donors (Lipinski definition) is 1. The summed E-state index contributed by atoms with van der Waals surface area (Å²) in [7, 11) is 0. The first kappa shape index (κ1) is 11.2. The van der Waals surface area contributed by atoms with Crippen LogP contribution in [-0.2, 0) is 15.6 Å². The molecular formula is C9H13NO3S. The highest BCUT2D eigenvalue weighted by Crippen LogP contribution is 2.25. The van der Waals surface area contributed by atoms with Crippen LogP contribution >= 0.6 is 0 Å². The average Bonchev–Trinajstić information content (AvgIpc) is 2.10. The molecule has 78 valence electrons. The first-order valence-corrected chi connectivity index (χ1v) is 5.09. The number of benzene rings is 1. The molecule has 14 heavy (non-hydrogen) atoms. The summed E-state index contributed by atoms with van der Waals surface area (Å²) in [4.78, 5) is 0. The molecule has 0 heterocycles. The summed E-state index contributed by atoms with van der Waals surface area (Å²) in [5.74, 6) is 5.28. The van der Waals surface area contributed by atoms with Gasteiger partial charge in [0.25, 0.3) is 0 Å². The second kappa shape index (κ2) is 4.54. The summed E-state index contributed by atoms with van der Waals surface area (Å²) in [6.07, 6.45) is 0. The number of aryl methyl sites for hydroxylation is 3. The highest BCUT2D eigenvalue weighted by molar-refractivity contribution is 7.75. The van der Waals surface area contributed by atoms with Gasteiger partial charge in [-0.3, -0.25) is 0 Å². The van der Waals surface area contributed by atoms with Crippen molar-refractivity contribution in [1.29, 1.82) is 0 Å². The molecule has 0 fully saturated rings.